The van der Waals surface area contributed by atoms with Crippen molar-refractivity contribution in [3.63, 3.8) is 0 Å². The van der Waals surface area contributed by atoms with Gasteiger partial charge in [-0.1, -0.05) is 17.7 Å². The summed E-state index contributed by atoms with van der Waals surface area (Å²) >= 11 is 0. The Morgan fingerprint density at radius 1 is 1.12 bits per heavy atom. The lowest BCUT2D eigenvalue weighted by atomic mass is 10.2. The van der Waals surface area contributed by atoms with Crippen LogP contribution < -0.4 is 4.72 Å². The standard InChI is InChI=1S/C17H17N3O3S/c1-12-5-6-16(13(2)10-12)24(21,22)20-11-14-17(19-8-7-18-14)15-4-3-9-23-15/h3-10,20H,11H2,1-2H3. The SMILES string of the molecule is Cc1ccc(S(=O)(=O)NCc2nccnc2-c2ccco2)c(C)c1. The first kappa shape index (κ1) is 16.4. The zero-order valence-electron chi connectivity index (χ0n) is 13.4. The normalized spacial score (nSPS) is 11.6. The molecule has 0 unspecified atom stereocenters. The minimum atomic E-state index is -3.64. The molecule has 0 fully saturated rings. The second-order valence-corrected chi connectivity index (χ2v) is 7.16. The van der Waals surface area contributed by atoms with Crippen molar-refractivity contribution in [2.75, 3.05) is 0 Å². The van der Waals surface area contributed by atoms with E-state index in [0.717, 1.165) is 5.56 Å². The third-order valence-electron chi connectivity index (χ3n) is 3.58. The van der Waals surface area contributed by atoms with Crippen LogP contribution in [0.4, 0.5) is 0 Å². The van der Waals surface area contributed by atoms with E-state index in [4.69, 9.17) is 4.42 Å². The molecule has 7 heteroatoms. The van der Waals surface area contributed by atoms with Crippen LogP contribution in [0.25, 0.3) is 11.5 Å². The zero-order chi connectivity index (χ0) is 17.2. The molecule has 3 aromatic rings. The predicted octanol–water partition coefficient (Wildman–Crippen LogP) is 2.83. The molecule has 0 aliphatic carbocycles. The molecule has 0 bridgehead atoms. The Kier molecular flexibility index (Phi) is 4.46. The molecule has 0 atom stereocenters. The Morgan fingerprint density at radius 2 is 1.92 bits per heavy atom. The Bertz CT molecular complexity index is 951. The minimum Gasteiger partial charge on any atom is -0.463 e. The molecule has 0 aliphatic heterocycles. The van der Waals surface area contributed by atoms with E-state index in [1.807, 2.05) is 13.0 Å². The summed E-state index contributed by atoms with van der Waals surface area (Å²) in [5.41, 5.74) is 2.74. The number of benzene rings is 1. The lowest BCUT2D eigenvalue weighted by molar-refractivity contribution is 0.573. The summed E-state index contributed by atoms with van der Waals surface area (Å²) in [6, 6.07) is 8.72. The van der Waals surface area contributed by atoms with Crippen molar-refractivity contribution in [2.24, 2.45) is 0 Å². The smallest absolute Gasteiger partial charge is 0.241 e. The number of hydrogen-bond donors (Lipinski definition) is 1. The Hall–Kier alpha value is -2.51. The molecule has 1 N–H and O–H groups in total. The number of sulfonamides is 1. The number of aromatic nitrogens is 2. The molecule has 124 valence electrons. The number of rotatable bonds is 5. The fraction of sp³-hybridized carbons (Fsp3) is 0.176. The van der Waals surface area contributed by atoms with Gasteiger partial charge in [-0.2, -0.15) is 0 Å². The Balaban J connectivity index is 1.86. The van der Waals surface area contributed by atoms with Gasteiger partial charge in [-0.05, 0) is 37.6 Å². The van der Waals surface area contributed by atoms with E-state index in [0.29, 0.717) is 22.7 Å². The number of nitrogens with zero attached hydrogens (tertiary/aromatic N) is 2. The molecule has 0 radical (unpaired) electrons. The number of nitrogens with one attached hydrogen (secondary N) is 1. The highest BCUT2D eigenvalue weighted by molar-refractivity contribution is 7.89. The van der Waals surface area contributed by atoms with E-state index in [9.17, 15) is 8.42 Å². The zero-order valence-corrected chi connectivity index (χ0v) is 14.2. The predicted molar refractivity (Wildman–Crippen MR) is 89.7 cm³/mol. The van der Waals surface area contributed by atoms with Gasteiger partial charge in [0.1, 0.15) is 5.69 Å². The summed E-state index contributed by atoms with van der Waals surface area (Å²) in [7, 11) is -3.64. The number of furan rings is 1. The summed E-state index contributed by atoms with van der Waals surface area (Å²) in [6.45, 7) is 3.73. The van der Waals surface area contributed by atoms with E-state index >= 15 is 0 Å². The summed E-state index contributed by atoms with van der Waals surface area (Å²) in [5, 5.41) is 0. The van der Waals surface area contributed by atoms with Gasteiger partial charge in [0.25, 0.3) is 0 Å². The first-order valence-electron chi connectivity index (χ1n) is 7.38. The number of hydrogen-bond acceptors (Lipinski definition) is 5. The second kappa shape index (κ2) is 6.54. The van der Waals surface area contributed by atoms with E-state index < -0.39 is 10.0 Å². The lowest BCUT2D eigenvalue weighted by Crippen LogP contribution is -2.25. The van der Waals surface area contributed by atoms with E-state index in [2.05, 4.69) is 14.7 Å². The van der Waals surface area contributed by atoms with Crippen molar-refractivity contribution in [1.82, 2.24) is 14.7 Å². The Morgan fingerprint density at radius 3 is 2.62 bits per heavy atom. The van der Waals surface area contributed by atoms with Gasteiger partial charge in [0.15, 0.2) is 5.76 Å². The van der Waals surface area contributed by atoms with Crippen LogP contribution in [0.1, 0.15) is 16.8 Å². The van der Waals surface area contributed by atoms with Crippen molar-refractivity contribution in [2.45, 2.75) is 25.3 Å². The molecule has 0 aliphatic rings. The third kappa shape index (κ3) is 3.37. The summed E-state index contributed by atoms with van der Waals surface area (Å²) < 4.78 is 33.0. The maximum absolute atomic E-state index is 12.6. The number of aryl methyl sites for hydroxylation is 2. The molecule has 0 saturated carbocycles. The van der Waals surface area contributed by atoms with E-state index in [-0.39, 0.29) is 11.4 Å². The molecule has 1 aromatic carbocycles. The van der Waals surface area contributed by atoms with Crippen LogP contribution >= 0.6 is 0 Å². The fourth-order valence-corrected chi connectivity index (χ4v) is 3.67. The maximum atomic E-state index is 12.6. The van der Waals surface area contributed by atoms with Crippen molar-refractivity contribution >= 4 is 10.0 Å². The van der Waals surface area contributed by atoms with Gasteiger partial charge in [-0.3, -0.25) is 4.98 Å². The molecule has 2 heterocycles. The molecular weight excluding hydrogens is 326 g/mol. The summed E-state index contributed by atoms with van der Waals surface area (Å²) in [5.74, 6) is 0.545. The highest BCUT2D eigenvalue weighted by atomic mass is 32.2. The van der Waals surface area contributed by atoms with E-state index in [1.54, 1.807) is 37.4 Å². The van der Waals surface area contributed by atoms with Crippen molar-refractivity contribution in [3.8, 4) is 11.5 Å². The van der Waals surface area contributed by atoms with E-state index in [1.165, 1.54) is 12.5 Å². The van der Waals surface area contributed by atoms with Crippen molar-refractivity contribution in [3.05, 3.63) is 65.8 Å². The maximum Gasteiger partial charge on any atom is 0.241 e. The molecule has 0 saturated heterocycles. The molecule has 24 heavy (non-hydrogen) atoms. The monoisotopic (exact) mass is 343 g/mol. The van der Waals surface area contributed by atoms with Crippen molar-refractivity contribution < 1.29 is 12.8 Å². The molecule has 2 aromatic heterocycles. The highest BCUT2D eigenvalue weighted by Gasteiger charge is 2.18. The summed E-state index contributed by atoms with van der Waals surface area (Å²) in [6.07, 6.45) is 4.60. The van der Waals surface area contributed by atoms with Crippen LogP contribution in [0.15, 0.2) is 58.3 Å². The van der Waals surface area contributed by atoms with Gasteiger partial charge >= 0.3 is 0 Å². The largest absolute Gasteiger partial charge is 0.463 e. The second-order valence-electron chi connectivity index (χ2n) is 5.42. The van der Waals surface area contributed by atoms with Crippen molar-refractivity contribution in [1.29, 1.82) is 0 Å². The minimum absolute atomic E-state index is 0.0273. The van der Waals surface area contributed by atoms with Gasteiger partial charge in [0.2, 0.25) is 10.0 Å². The van der Waals surface area contributed by atoms with Crippen LogP contribution in [-0.2, 0) is 16.6 Å². The molecule has 6 nitrogen and oxygen atoms in total. The van der Waals surface area contributed by atoms with Gasteiger partial charge in [0.05, 0.1) is 23.4 Å². The van der Waals surface area contributed by atoms with Crippen LogP contribution in [0.2, 0.25) is 0 Å². The van der Waals surface area contributed by atoms with Crippen LogP contribution in [0.5, 0.6) is 0 Å². The van der Waals surface area contributed by atoms with Crippen LogP contribution in [-0.4, -0.2) is 18.4 Å². The van der Waals surface area contributed by atoms with Gasteiger partial charge in [0, 0.05) is 12.4 Å². The average Bonchev–Trinajstić information content (AvgIpc) is 3.07. The molecular formula is C17H17N3O3S. The van der Waals surface area contributed by atoms with Gasteiger partial charge in [-0.25, -0.2) is 18.1 Å². The molecule has 0 spiro atoms. The van der Waals surface area contributed by atoms with Crippen LogP contribution in [0, 0.1) is 13.8 Å². The summed E-state index contributed by atoms with van der Waals surface area (Å²) in [4.78, 5) is 8.71. The Labute approximate surface area is 140 Å². The topological polar surface area (TPSA) is 85.1 Å². The lowest BCUT2D eigenvalue weighted by Gasteiger charge is -2.11. The molecule has 3 rings (SSSR count). The van der Waals surface area contributed by atoms with Crippen LogP contribution in [0.3, 0.4) is 0 Å². The first-order valence-corrected chi connectivity index (χ1v) is 8.86. The quantitative estimate of drug-likeness (QED) is 0.770. The van der Waals surface area contributed by atoms with Gasteiger partial charge < -0.3 is 4.42 Å². The third-order valence-corrected chi connectivity index (χ3v) is 5.14. The molecule has 0 amide bonds. The first-order chi connectivity index (χ1) is 11.5. The highest BCUT2D eigenvalue weighted by Crippen LogP contribution is 2.21. The average molecular weight is 343 g/mol. The van der Waals surface area contributed by atoms with Gasteiger partial charge in [-0.15, -0.1) is 0 Å². The fourth-order valence-electron chi connectivity index (χ4n) is 2.46.